The number of halogens is 1. The van der Waals surface area contributed by atoms with Crippen molar-refractivity contribution in [3.63, 3.8) is 0 Å². The van der Waals surface area contributed by atoms with Crippen LogP contribution in [0.5, 0.6) is 0 Å². The van der Waals surface area contributed by atoms with Crippen LogP contribution >= 0.6 is 11.3 Å². The van der Waals surface area contributed by atoms with Crippen LogP contribution in [0.25, 0.3) is 0 Å². The van der Waals surface area contributed by atoms with Crippen molar-refractivity contribution in [3.8, 4) is 0 Å². The lowest BCUT2D eigenvalue weighted by molar-refractivity contribution is 0.0786. The lowest BCUT2D eigenvalue weighted by Crippen LogP contribution is -2.55. The van der Waals surface area contributed by atoms with Crippen molar-refractivity contribution >= 4 is 27.0 Å². The summed E-state index contributed by atoms with van der Waals surface area (Å²) < 4.78 is 42.5. The number of rotatable bonds is 6. The first-order valence-electron chi connectivity index (χ1n) is 10.5. The molecule has 4 rings (SSSR count). The van der Waals surface area contributed by atoms with Gasteiger partial charge in [-0.1, -0.05) is 36.4 Å². The lowest BCUT2D eigenvalue weighted by Gasteiger charge is -2.42. The molecule has 1 aromatic heterocycles. The largest absolute Gasteiger partial charge is 0.386 e. The molecule has 170 valence electrons. The molecule has 0 radical (unpaired) electrons. The molecule has 0 spiro atoms. The van der Waals surface area contributed by atoms with E-state index < -0.39 is 15.6 Å². The predicted molar refractivity (Wildman–Crippen MR) is 126 cm³/mol. The average molecular weight is 475 g/mol. The third kappa shape index (κ3) is 4.73. The van der Waals surface area contributed by atoms with Gasteiger partial charge in [0.2, 0.25) is 0 Å². The molecule has 1 saturated heterocycles. The zero-order chi connectivity index (χ0) is 22.9. The van der Waals surface area contributed by atoms with Crippen molar-refractivity contribution in [2.75, 3.05) is 24.5 Å². The molecule has 0 aliphatic carbocycles. The SMILES string of the molecule is CC(C)(O)c1ccc(N2CCN(S(=O)(=O)c3cccs3)C[C@H]2Cc2ccccc2F)cc1. The Morgan fingerprint density at radius 2 is 1.78 bits per heavy atom. The molecule has 32 heavy (non-hydrogen) atoms. The van der Waals surface area contributed by atoms with Gasteiger partial charge in [-0.15, -0.1) is 11.3 Å². The maximum absolute atomic E-state index is 14.4. The Labute approximate surface area is 192 Å². The van der Waals surface area contributed by atoms with Gasteiger partial charge in [-0.3, -0.25) is 0 Å². The summed E-state index contributed by atoms with van der Waals surface area (Å²) in [4.78, 5) is 2.14. The number of benzene rings is 2. The maximum atomic E-state index is 14.4. The van der Waals surface area contributed by atoms with E-state index in [4.69, 9.17) is 0 Å². The van der Waals surface area contributed by atoms with Gasteiger partial charge in [0.25, 0.3) is 10.0 Å². The second-order valence-corrected chi connectivity index (χ2v) is 11.7. The Bertz CT molecular complexity index is 1160. The van der Waals surface area contributed by atoms with Crippen LogP contribution in [0.3, 0.4) is 0 Å². The molecule has 2 heterocycles. The molecule has 0 unspecified atom stereocenters. The Kier molecular flexibility index (Phi) is 6.40. The number of thiophene rings is 1. The maximum Gasteiger partial charge on any atom is 0.252 e. The summed E-state index contributed by atoms with van der Waals surface area (Å²) in [5.74, 6) is -0.289. The van der Waals surface area contributed by atoms with Crippen molar-refractivity contribution in [2.24, 2.45) is 0 Å². The van der Waals surface area contributed by atoms with Gasteiger partial charge in [-0.05, 0) is 61.0 Å². The zero-order valence-electron chi connectivity index (χ0n) is 18.1. The van der Waals surface area contributed by atoms with Crippen LogP contribution in [0.15, 0.2) is 70.3 Å². The minimum Gasteiger partial charge on any atom is -0.386 e. The fourth-order valence-electron chi connectivity index (χ4n) is 4.08. The first-order chi connectivity index (χ1) is 15.2. The monoisotopic (exact) mass is 474 g/mol. The Hall–Kier alpha value is -2.26. The topological polar surface area (TPSA) is 60.9 Å². The summed E-state index contributed by atoms with van der Waals surface area (Å²) in [6, 6.07) is 17.4. The Morgan fingerprint density at radius 1 is 1.06 bits per heavy atom. The smallest absolute Gasteiger partial charge is 0.252 e. The molecule has 1 aliphatic rings. The first-order valence-corrected chi connectivity index (χ1v) is 12.8. The van der Waals surface area contributed by atoms with Gasteiger partial charge in [0.1, 0.15) is 10.0 Å². The second kappa shape index (κ2) is 8.94. The van der Waals surface area contributed by atoms with Gasteiger partial charge in [0.05, 0.1) is 5.60 Å². The third-order valence-electron chi connectivity index (χ3n) is 5.85. The van der Waals surface area contributed by atoms with E-state index in [1.54, 1.807) is 49.6 Å². The Morgan fingerprint density at radius 3 is 2.41 bits per heavy atom. The van der Waals surface area contributed by atoms with Crippen LogP contribution in [0.4, 0.5) is 10.1 Å². The van der Waals surface area contributed by atoms with E-state index in [-0.39, 0.29) is 18.4 Å². The highest BCUT2D eigenvalue weighted by atomic mass is 32.2. The average Bonchev–Trinajstić information content (AvgIpc) is 3.31. The first kappa shape index (κ1) is 22.9. The molecular weight excluding hydrogens is 447 g/mol. The highest BCUT2D eigenvalue weighted by Crippen LogP contribution is 2.30. The molecule has 1 fully saturated rings. The number of piperazine rings is 1. The number of sulfonamides is 1. The molecule has 1 atom stereocenters. The van der Waals surface area contributed by atoms with Gasteiger partial charge >= 0.3 is 0 Å². The fraction of sp³-hybridized carbons (Fsp3) is 0.333. The normalized spacial score (nSPS) is 18.1. The molecule has 0 amide bonds. The minimum absolute atomic E-state index is 0.233. The van der Waals surface area contributed by atoms with Crippen molar-refractivity contribution in [2.45, 2.75) is 36.1 Å². The molecule has 8 heteroatoms. The van der Waals surface area contributed by atoms with Gasteiger partial charge in [-0.2, -0.15) is 4.31 Å². The molecular formula is C24H27FN2O3S2. The number of hydrogen-bond acceptors (Lipinski definition) is 5. The third-order valence-corrected chi connectivity index (χ3v) is 9.09. The fourth-order valence-corrected chi connectivity index (χ4v) is 6.69. The number of aliphatic hydroxyl groups is 1. The molecule has 2 aromatic carbocycles. The van der Waals surface area contributed by atoms with E-state index in [0.717, 1.165) is 11.3 Å². The second-order valence-electron chi connectivity index (χ2n) is 8.54. The summed E-state index contributed by atoms with van der Waals surface area (Å²) >= 11 is 1.21. The summed E-state index contributed by atoms with van der Waals surface area (Å²) in [7, 11) is -3.59. The summed E-state index contributed by atoms with van der Waals surface area (Å²) in [5, 5.41) is 12.0. The van der Waals surface area contributed by atoms with E-state index in [9.17, 15) is 17.9 Å². The predicted octanol–water partition coefficient (Wildman–Crippen LogP) is 4.24. The zero-order valence-corrected chi connectivity index (χ0v) is 19.7. The molecule has 5 nitrogen and oxygen atoms in total. The van der Waals surface area contributed by atoms with Gasteiger partial charge in [-0.25, -0.2) is 12.8 Å². The van der Waals surface area contributed by atoms with Crippen LogP contribution in [-0.4, -0.2) is 43.5 Å². The van der Waals surface area contributed by atoms with Gasteiger partial charge in [0.15, 0.2) is 0 Å². The van der Waals surface area contributed by atoms with E-state index >= 15 is 0 Å². The summed E-state index contributed by atoms with van der Waals surface area (Å²) in [6.45, 7) is 4.57. The van der Waals surface area contributed by atoms with Gasteiger partial charge in [0, 0.05) is 31.4 Å². The highest BCUT2D eigenvalue weighted by Gasteiger charge is 2.35. The van der Waals surface area contributed by atoms with Gasteiger partial charge < -0.3 is 10.0 Å². The van der Waals surface area contributed by atoms with Crippen molar-refractivity contribution in [1.29, 1.82) is 0 Å². The molecule has 0 bridgehead atoms. The quantitative estimate of drug-likeness (QED) is 0.581. The van der Waals surface area contributed by atoms with Crippen molar-refractivity contribution in [1.82, 2.24) is 4.31 Å². The minimum atomic E-state index is -3.59. The van der Waals surface area contributed by atoms with Crippen LogP contribution in [0.2, 0.25) is 0 Å². The van der Waals surface area contributed by atoms with Crippen LogP contribution in [0, 0.1) is 5.82 Å². The van der Waals surface area contributed by atoms with Crippen molar-refractivity contribution < 1.29 is 17.9 Å². The Balaban J connectivity index is 1.64. The van der Waals surface area contributed by atoms with Crippen LogP contribution in [-0.2, 0) is 22.0 Å². The molecule has 1 N–H and O–H groups in total. The van der Waals surface area contributed by atoms with E-state index in [1.165, 1.54) is 21.7 Å². The standard InChI is InChI=1S/C24H27FN2O3S2/c1-24(2,28)19-9-11-20(12-10-19)27-14-13-26(32(29,30)23-8-5-15-31-23)17-21(27)16-18-6-3-4-7-22(18)25/h3-12,15,21,28H,13-14,16-17H2,1-2H3/t21-/m1/s1. The number of hydrogen-bond donors (Lipinski definition) is 1. The molecule has 0 saturated carbocycles. The number of nitrogens with zero attached hydrogens (tertiary/aromatic N) is 2. The lowest BCUT2D eigenvalue weighted by atomic mass is 9.97. The van der Waals surface area contributed by atoms with Crippen molar-refractivity contribution in [3.05, 3.63) is 83.0 Å². The van der Waals surface area contributed by atoms with E-state index in [1.807, 2.05) is 24.3 Å². The van der Waals surface area contributed by atoms with Crippen LogP contribution in [0.1, 0.15) is 25.0 Å². The number of anilines is 1. The molecule has 1 aliphatic heterocycles. The molecule has 3 aromatic rings. The highest BCUT2D eigenvalue weighted by molar-refractivity contribution is 7.91. The van der Waals surface area contributed by atoms with E-state index in [0.29, 0.717) is 29.3 Å². The summed E-state index contributed by atoms with van der Waals surface area (Å²) in [5.41, 5.74) is 1.34. The summed E-state index contributed by atoms with van der Waals surface area (Å²) in [6.07, 6.45) is 0.385. The van der Waals surface area contributed by atoms with E-state index in [2.05, 4.69) is 4.90 Å². The van der Waals surface area contributed by atoms with Crippen LogP contribution < -0.4 is 4.90 Å².